The Morgan fingerprint density at radius 3 is 2.41 bits per heavy atom. The van der Waals surface area contributed by atoms with Crippen LogP contribution >= 0.6 is 34.9 Å². The van der Waals surface area contributed by atoms with Gasteiger partial charge in [-0.05, 0) is 47.9 Å². The van der Waals surface area contributed by atoms with Crippen molar-refractivity contribution in [2.24, 2.45) is 0 Å². The molecule has 9 heteroatoms. The van der Waals surface area contributed by atoms with Gasteiger partial charge in [-0.15, -0.1) is 0 Å². The molecule has 0 saturated heterocycles. The highest BCUT2D eigenvalue weighted by Gasteiger charge is 2.12. The molecule has 0 spiro atoms. The molecular weight excluding hydrogens is 404 g/mol. The zero-order valence-electron chi connectivity index (χ0n) is 14.2. The summed E-state index contributed by atoms with van der Waals surface area (Å²) in [6, 6.07) is 14.3. The van der Waals surface area contributed by atoms with Gasteiger partial charge in [0.05, 0.1) is 10.8 Å². The Hall–Kier alpha value is -2.42. The van der Waals surface area contributed by atoms with Crippen LogP contribution in [0, 0.1) is 0 Å². The van der Waals surface area contributed by atoms with E-state index in [1.54, 1.807) is 30.3 Å². The molecule has 6 nitrogen and oxygen atoms in total. The van der Waals surface area contributed by atoms with Gasteiger partial charge in [0.15, 0.2) is 10.2 Å². The summed E-state index contributed by atoms with van der Waals surface area (Å²) >= 11 is 8.70. The quantitative estimate of drug-likeness (QED) is 0.574. The molecule has 2 aromatic carbocycles. The molecule has 2 amide bonds. The Labute approximate surface area is 169 Å². The maximum Gasteiger partial charge on any atom is 0.234 e. The minimum absolute atomic E-state index is 0.142. The molecule has 0 atom stereocenters. The number of rotatable bonds is 6. The summed E-state index contributed by atoms with van der Waals surface area (Å²) in [6.07, 6.45) is 0. The van der Waals surface area contributed by atoms with Crippen molar-refractivity contribution >= 4 is 58.1 Å². The van der Waals surface area contributed by atoms with Crippen molar-refractivity contribution in [3.63, 3.8) is 0 Å². The van der Waals surface area contributed by atoms with Gasteiger partial charge in [-0.3, -0.25) is 9.59 Å². The fraction of sp³-hybridized carbons (Fsp3) is 0.111. The van der Waals surface area contributed by atoms with Crippen LogP contribution in [0.15, 0.2) is 52.9 Å². The Bertz CT molecular complexity index is 960. The van der Waals surface area contributed by atoms with Gasteiger partial charge in [0, 0.05) is 23.9 Å². The minimum Gasteiger partial charge on any atom is -0.326 e. The van der Waals surface area contributed by atoms with Crippen LogP contribution in [0.3, 0.4) is 0 Å². The normalized spacial score (nSPS) is 10.4. The molecule has 1 aromatic heterocycles. The van der Waals surface area contributed by atoms with E-state index in [2.05, 4.69) is 20.0 Å². The van der Waals surface area contributed by atoms with Crippen molar-refractivity contribution in [3.8, 4) is 11.4 Å². The van der Waals surface area contributed by atoms with Crippen molar-refractivity contribution in [2.75, 3.05) is 16.4 Å². The minimum atomic E-state index is -0.151. The number of nitrogens with one attached hydrogen (secondary N) is 2. The van der Waals surface area contributed by atoms with E-state index >= 15 is 0 Å². The van der Waals surface area contributed by atoms with Crippen molar-refractivity contribution in [1.29, 1.82) is 0 Å². The predicted molar refractivity (Wildman–Crippen MR) is 110 cm³/mol. The lowest BCUT2D eigenvalue weighted by molar-refractivity contribution is -0.114. The summed E-state index contributed by atoms with van der Waals surface area (Å²) in [7, 11) is 0. The largest absolute Gasteiger partial charge is 0.326 e. The fourth-order valence-electron chi connectivity index (χ4n) is 2.18. The maximum absolute atomic E-state index is 12.1. The molecule has 0 unspecified atom stereocenters. The number of amides is 2. The molecule has 0 aliphatic heterocycles. The molecule has 3 aromatic rings. The highest BCUT2D eigenvalue weighted by atomic mass is 35.5. The SMILES string of the molecule is CC(=O)Nc1ccc(NC(=O)CSc2nc(-c3ccccc3Cl)ns2)cc1. The van der Waals surface area contributed by atoms with E-state index in [0.717, 1.165) is 5.56 Å². The second kappa shape index (κ2) is 8.98. The number of carbonyl (C=O) groups is 2. The standard InChI is InChI=1S/C18H15ClN4O2S2/c1-11(24)20-12-6-8-13(9-7-12)21-16(25)10-26-18-22-17(23-27-18)14-4-2-3-5-15(14)19/h2-9H,10H2,1H3,(H,20,24)(H,21,25). The van der Waals surface area contributed by atoms with Crippen LogP contribution < -0.4 is 10.6 Å². The first-order valence-corrected chi connectivity index (χ1v) is 10.0. The number of benzene rings is 2. The molecule has 3 rings (SSSR count). The van der Waals surface area contributed by atoms with Crippen LogP contribution in [0.25, 0.3) is 11.4 Å². The summed E-state index contributed by atoms with van der Waals surface area (Å²) in [5.41, 5.74) is 2.10. The summed E-state index contributed by atoms with van der Waals surface area (Å²) in [6.45, 7) is 1.44. The van der Waals surface area contributed by atoms with E-state index in [0.29, 0.717) is 26.6 Å². The number of aromatic nitrogens is 2. The Morgan fingerprint density at radius 2 is 1.74 bits per heavy atom. The average Bonchev–Trinajstić information content (AvgIpc) is 3.10. The molecule has 138 valence electrons. The highest BCUT2D eigenvalue weighted by Crippen LogP contribution is 2.29. The zero-order valence-corrected chi connectivity index (χ0v) is 16.6. The fourth-order valence-corrected chi connectivity index (χ4v) is 3.81. The van der Waals surface area contributed by atoms with Gasteiger partial charge in [-0.25, -0.2) is 4.98 Å². The lowest BCUT2D eigenvalue weighted by Gasteiger charge is -2.06. The third-order valence-electron chi connectivity index (χ3n) is 3.34. The molecule has 0 fully saturated rings. The number of nitrogens with zero attached hydrogens (tertiary/aromatic N) is 2. The number of hydrogen-bond donors (Lipinski definition) is 2. The molecule has 1 heterocycles. The summed E-state index contributed by atoms with van der Waals surface area (Å²) in [4.78, 5) is 27.5. The van der Waals surface area contributed by atoms with Crippen LogP contribution in [-0.4, -0.2) is 26.9 Å². The molecule has 0 aliphatic rings. The third-order valence-corrected chi connectivity index (χ3v) is 5.50. The van der Waals surface area contributed by atoms with E-state index in [4.69, 9.17) is 11.6 Å². The number of hydrogen-bond acceptors (Lipinski definition) is 6. The van der Waals surface area contributed by atoms with Crippen LogP contribution in [-0.2, 0) is 9.59 Å². The Balaban J connectivity index is 1.54. The van der Waals surface area contributed by atoms with E-state index in [1.807, 2.05) is 18.2 Å². The first kappa shape index (κ1) is 19.3. The van der Waals surface area contributed by atoms with Crippen molar-refractivity contribution in [1.82, 2.24) is 9.36 Å². The maximum atomic E-state index is 12.1. The molecular formula is C18H15ClN4O2S2. The van der Waals surface area contributed by atoms with E-state index in [-0.39, 0.29) is 17.6 Å². The first-order valence-electron chi connectivity index (χ1n) is 7.90. The predicted octanol–water partition coefficient (Wildman–Crippen LogP) is 4.55. The first-order chi connectivity index (χ1) is 13.0. The van der Waals surface area contributed by atoms with Crippen molar-refractivity contribution in [2.45, 2.75) is 11.3 Å². The van der Waals surface area contributed by atoms with E-state index < -0.39 is 0 Å². The van der Waals surface area contributed by atoms with Crippen LogP contribution in [0.4, 0.5) is 11.4 Å². The van der Waals surface area contributed by atoms with Crippen molar-refractivity contribution < 1.29 is 9.59 Å². The number of anilines is 2. The molecule has 0 radical (unpaired) electrons. The van der Waals surface area contributed by atoms with Crippen LogP contribution in [0.5, 0.6) is 0 Å². The summed E-state index contributed by atoms with van der Waals surface area (Å²) in [5.74, 6) is 0.477. The van der Waals surface area contributed by atoms with E-state index in [1.165, 1.54) is 30.2 Å². The number of thioether (sulfide) groups is 1. The molecule has 0 saturated carbocycles. The highest BCUT2D eigenvalue weighted by molar-refractivity contribution is 8.01. The van der Waals surface area contributed by atoms with Gasteiger partial charge < -0.3 is 10.6 Å². The monoisotopic (exact) mass is 418 g/mol. The Morgan fingerprint density at radius 1 is 1.07 bits per heavy atom. The second-order valence-electron chi connectivity index (χ2n) is 5.46. The smallest absolute Gasteiger partial charge is 0.234 e. The summed E-state index contributed by atoms with van der Waals surface area (Å²) in [5, 5.41) is 6.07. The van der Waals surface area contributed by atoms with Gasteiger partial charge in [0.25, 0.3) is 0 Å². The van der Waals surface area contributed by atoms with Gasteiger partial charge in [0.2, 0.25) is 11.8 Å². The van der Waals surface area contributed by atoms with Crippen molar-refractivity contribution in [3.05, 3.63) is 53.6 Å². The van der Waals surface area contributed by atoms with Gasteiger partial charge >= 0.3 is 0 Å². The zero-order chi connectivity index (χ0) is 19.2. The number of halogens is 1. The van der Waals surface area contributed by atoms with Crippen LogP contribution in [0.2, 0.25) is 5.02 Å². The molecule has 0 bridgehead atoms. The average molecular weight is 419 g/mol. The van der Waals surface area contributed by atoms with Gasteiger partial charge in [-0.2, -0.15) is 4.37 Å². The van der Waals surface area contributed by atoms with Crippen LogP contribution in [0.1, 0.15) is 6.92 Å². The second-order valence-corrected chi connectivity index (χ2v) is 7.84. The number of carbonyl (C=O) groups excluding carboxylic acids is 2. The summed E-state index contributed by atoms with van der Waals surface area (Å²) < 4.78 is 5.00. The van der Waals surface area contributed by atoms with Gasteiger partial charge in [-0.1, -0.05) is 35.5 Å². The Kier molecular flexibility index (Phi) is 6.44. The lowest BCUT2D eigenvalue weighted by atomic mass is 10.2. The van der Waals surface area contributed by atoms with E-state index in [9.17, 15) is 9.59 Å². The molecule has 0 aliphatic carbocycles. The molecule has 27 heavy (non-hydrogen) atoms. The third kappa shape index (κ3) is 5.53. The topological polar surface area (TPSA) is 84.0 Å². The lowest BCUT2D eigenvalue weighted by Crippen LogP contribution is -2.14. The molecule has 2 N–H and O–H groups in total. The van der Waals surface area contributed by atoms with Gasteiger partial charge in [0.1, 0.15) is 0 Å².